The van der Waals surface area contributed by atoms with Gasteiger partial charge in [0.1, 0.15) is 0 Å². The van der Waals surface area contributed by atoms with Crippen LogP contribution < -0.4 is 21.2 Å². The van der Waals surface area contributed by atoms with Gasteiger partial charge < -0.3 is 31.3 Å². The summed E-state index contributed by atoms with van der Waals surface area (Å²) in [4.78, 5) is 34.3. The first-order valence-corrected chi connectivity index (χ1v) is 11.0. The van der Waals surface area contributed by atoms with Crippen molar-refractivity contribution < 1.29 is 24.5 Å². The molecule has 2 saturated heterocycles. The Morgan fingerprint density at radius 3 is 2.79 bits per heavy atom. The summed E-state index contributed by atoms with van der Waals surface area (Å²) < 4.78 is 0. The predicted octanol–water partition coefficient (Wildman–Crippen LogP) is 0.152. The summed E-state index contributed by atoms with van der Waals surface area (Å²) in [5.74, 6) is -0.0152. The fourth-order valence-electron chi connectivity index (χ4n) is 3.63. The van der Waals surface area contributed by atoms with E-state index in [1.165, 1.54) is 6.82 Å². The van der Waals surface area contributed by atoms with Gasteiger partial charge in [0.2, 0.25) is 5.91 Å². The smallest absolute Gasteiger partial charge is 0.374 e. The fourth-order valence-corrected chi connectivity index (χ4v) is 5.18. The molecule has 0 radical (unpaired) electrons. The first-order valence-electron chi connectivity index (χ1n) is 9.99. The number of fused-ring (bicyclic) bond motifs is 1. The third-order valence-corrected chi connectivity index (χ3v) is 6.57. The molecule has 0 aromatic carbocycles. The summed E-state index contributed by atoms with van der Waals surface area (Å²) >= 11 is 1.88. The Morgan fingerprint density at radius 2 is 2.07 bits per heavy atom. The van der Waals surface area contributed by atoms with Gasteiger partial charge in [-0.05, 0) is 38.9 Å². The molecule has 0 saturated carbocycles. The Kier molecular flexibility index (Phi) is 9.40. The number of hydrogen-bond acceptors (Lipinski definition) is 6. The topological polar surface area (TPSA) is 140 Å². The number of rotatable bonds is 13. The lowest BCUT2D eigenvalue weighted by atomic mass is 9.86. The molecule has 0 unspecified atom stereocenters. The summed E-state index contributed by atoms with van der Waals surface area (Å²) in [6.07, 6.45) is 5.01. The predicted molar refractivity (Wildman–Crippen MR) is 109 cm³/mol. The zero-order valence-electron chi connectivity index (χ0n) is 16.3. The van der Waals surface area contributed by atoms with Crippen LogP contribution in [0.25, 0.3) is 0 Å². The second-order valence-corrected chi connectivity index (χ2v) is 8.72. The van der Waals surface area contributed by atoms with Gasteiger partial charge in [-0.15, -0.1) is 0 Å². The molecule has 158 valence electrons. The van der Waals surface area contributed by atoms with E-state index in [1.807, 2.05) is 11.8 Å². The average Bonchev–Trinajstić information content (AvgIpc) is 3.16. The van der Waals surface area contributed by atoms with Gasteiger partial charge in [0, 0.05) is 24.0 Å². The highest BCUT2D eigenvalue weighted by Gasteiger charge is 2.42. The molecular formula is C17H31BN4O5S. The number of carbonyl (C=O) groups excluding carboxylic acids is 2. The molecule has 2 rings (SSSR count). The van der Waals surface area contributed by atoms with E-state index in [-0.39, 0.29) is 24.0 Å². The highest BCUT2D eigenvalue weighted by molar-refractivity contribution is 8.00. The SMILES string of the molecule is CB(O)N[C@@H](CCCCNC(=O)CCCC[C@@H]1SC[C@@H]2NC(=O)N[C@@H]21)C(=O)O. The molecule has 6 N–H and O–H groups in total. The Labute approximate surface area is 170 Å². The number of urea groups is 1. The van der Waals surface area contributed by atoms with Crippen molar-refractivity contribution in [1.29, 1.82) is 0 Å². The largest absolute Gasteiger partial charge is 0.480 e. The Morgan fingerprint density at radius 1 is 1.29 bits per heavy atom. The van der Waals surface area contributed by atoms with Gasteiger partial charge in [0.25, 0.3) is 0 Å². The van der Waals surface area contributed by atoms with Crippen molar-refractivity contribution in [2.24, 2.45) is 0 Å². The van der Waals surface area contributed by atoms with Crippen LogP contribution in [0, 0.1) is 0 Å². The van der Waals surface area contributed by atoms with Crippen LogP contribution in [0.1, 0.15) is 44.9 Å². The van der Waals surface area contributed by atoms with Crippen LogP contribution in [0.4, 0.5) is 4.79 Å². The fraction of sp³-hybridized carbons (Fsp3) is 0.824. The molecule has 2 aliphatic rings. The van der Waals surface area contributed by atoms with Gasteiger partial charge in [0.05, 0.1) is 18.1 Å². The summed E-state index contributed by atoms with van der Waals surface area (Å²) in [5, 5.41) is 30.1. The van der Waals surface area contributed by atoms with Crippen LogP contribution in [0.3, 0.4) is 0 Å². The molecule has 3 amide bonds. The van der Waals surface area contributed by atoms with Crippen molar-refractivity contribution in [3.63, 3.8) is 0 Å². The van der Waals surface area contributed by atoms with E-state index in [0.29, 0.717) is 37.5 Å². The van der Waals surface area contributed by atoms with Crippen LogP contribution in [0.5, 0.6) is 0 Å². The Hall–Kier alpha value is -1.46. The molecule has 11 heteroatoms. The van der Waals surface area contributed by atoms with Crippen molar-refractivity contribution in [3.05, 3.63) is 0 Å². The standard InChI is InChI=1S/C17H31BN4O5S/c1-18(27)22-11(16(24)25)6-4-5-9-19-14(23)8-3-2-7-13-15-12(10-28-13)20-17(26)21-15/h11-13,15,22,27H,2-10H2,1H3,(H,19,23)(H,24,25)(H2,20,21,26)/t11-,12-,13-,15-/m0/s1. The average molecular weight is 414 g/mol. The van der Waals surface area contributed by atoms with Crippen LogP contribution in [0.15, 0.2) is 0 Å². The number of carbonyl (C=O) groups is 3. The normalized spacial score (nSPS) is 24.2. The number of unbranched alkanes of at least 4 members (excludes halogenated alkanes) is 2. The van der Waals surface area contributed by atoms with Crippen molar-refractivity contribution in [2.45, 2.75) is 75.1 Å². The van der Waals surface area contributed by atoms with E-state index >= 15 is 0 Å². The van der Waals surface area contributed by atoms with Crippen molar-refractivity contribution in [2.75, 3.05) is 12.3 Å². The summed E-state index contributed by atoms with van der Waals surface area (Å²) in [6, 6.07) is -0.397. The van der Waals surface area contributed by atoms with Crippen molar-refractivity contribution in [1.82, 2.24) is 21.2 Å². The summed E-state index contributed by atoms with van der Waals surface area (Å²) in [5.41, 5.74) is 0. The molecule has 0 aromatic rings. The molecule has 4 atom stereocenters. The van der Waals surface area contributed by atoms with Gasteiger partial charge in [-0.1, -0.05) is 6.42 Å². The minimum absolute atomic E-state index is 0.0182. The molecule has 0 aromatic heterocycles. The molecule has 2 fully saturated rings. The monoisotopic (exact) mass is 414 g/mol. The maximum atomic E-state index is 11.9. The summed E-state index contributed by atoms with van der Waals surface area (Å²) in [7, 11) is -0.865. The summed E-state index contributed by atoms with van der Waals surface area (Å²) in [6.45, 7) is 2.01. The van der Waals surface area contributed by atoms with Crippen LogP contribution in [0.2, 0.25) is 6.82 Å². The van der Waals surface area contributed by atoms with Crippen LogP contribution >= 0.6 is 11.8 Å². The van der Waals surface area contributed by atoms with Gasteiger partial charge in [0.15, 0.2) is 0 Å². The molecule has 9 nitrogen and oxygen atoms in total. The van der Waals surface area contributed by atoms with Gasteiger partial charge in [-0.25, -0.2) is 4.79 Å². The lowest BCUT2D eigenvalue weighted by Crippen LogP contribution is -2.44. The number of thioether (sulfide) groups is 1. The maximum absolute atomic E-state index is 11.9. The Bertz CT molecular complexity index is 554. The van der Waals surface area contributed by atoms with Crippen molar-refractivity contribution >= 4 is 36.7 Å². The molecule has 0 bridgehead atoms. The third kappa shape index (κ3) is 7.52. The van der Waals surface area contributed by atoms with Crippen molar-refractivity contribution in [3.8, 4) is 0 Å². The number of hydrogen-bond donors (Lipinski definition) is 6. The van der Waals surface area contributed by atoms with Gasteiger partial charge in [-0.3, -0.25) is 9.59 Å². The zero-order valence-corrected chi connectivity index (χ0v) is 17.1. The second-order valence-electron chi connectivity index (χ2n) is 7.45. The minimum atomic E-state index is -0.982. The third-order valence-electron chi connectivity index (χ3n) is 5.06. The number of nitrogens with one attached hydrogen (secondary N) is 4. The molecule has 28 heavy (non-hydrogen) atoms. The lowest BCUT2D eigenvalue weighted by Gasteiger charge is -2.16. The van der Waals surface area contributed by atoms with Crippen LogP contribution in [-0.4, -0.2) is 70.8 Å². The molecule has 0 spiro atoms. The van der Waals surface area contributed by atoms with E-state index < -0.39 is 19.1 Å². The van der Waals surface area contributed by atoms with E-state index in [9.17, 15) is 19.4 Å². The number of amides is 3. The molecular weight excluding hydrogens is 383 g/mol. The van der Waals surface area contributed by atoms with E-state index in [1.54, 1.807) is 0 Å². The van der Waals surface area contributed by atoms with Gasteiger partial charge >= 0.3 is 19.1 Å². The highest BCUT2D eigenvalue weighted by atomic mass is 32.2. The quantitative estimate of drug-likeness (QED) is 0.143. The Balaban J connectivity index is 1.48. The van der Waals surface area contributed by atoms with E-state index in [0.717, 1.165) is 25.0 Å². The minimum Gasteiger partial charge on any atom is -0.480 e. The molecule has 2 aliphatic heterocycles. The highest BCUT2D eigenvalue weighted by Crippen LogP contribution is 2.33. The number of carboxylic acid groups (broad SMARTS) is 1. The molecule has 2 heterocycles. The van der Waals surface area contributed by atoms with Gasteiger partial charge in [-0.2, -0.15) is 11.8 Å². The molecule has 0 aliphatic carbocycles. The first-order chi connectivity index (χ1) is 13.4. The lowest BCUT2D eigenvalue weighted by molar-refractivity contribution is -0.139. The van der Waals surface area contributed by atoms with Crippen LogP contribution in [-0.2, 0) is 9.59 Å². The van der Waals surface area contributed by atoms with E-state index in [2.05, 4.69) is 21.2 Å². The zero-order chi connectivity index (χ0) is 20.5. The van der Waals surface area contributed by atoms with E-state index in [4.69, 9.17) is 5.11 Å². The second kappa shape index (κ2) is 11.5. The number of carboxylic acids is 1. The first kappa shape index (κ1) is 22.8. The number of aliphatic carboxylic acids is 1. The maximum Gasteiger partial charge on any atom is 0.374 e.